The maximum absolute atomic E-state index is 12.5. The lowest BCUT2D eigenvalue weighted by atomic mass is 10.2. The second-order valence-electron chi connectivity index (χ2n) is 6.61. The van der Waals surface area contributed by atoms with Gasteiger partial charge in [0.05, 0.1) is 22.8 Å². The summed E-state index contributed by atoms with van der Waals surface area (Å²) in [7, 11) is -3.52. The van der Waals surface area contributed by atoms with Gasteiger partial charge in [-0.1, -0.05) is 29.8 Å². The zero-order valence-electron chi connectivity index (χ0n) is 14.9. The molecule has 134 valence electrons. The van der Waals surface area contributed by atoms with E-state index in [1.54, 1.807) is 0 Å². The summed E-state index contributed by atoms with van der Waals surface area (Å²) in [6.07, 6.45) is 2.29. The van der Waals surface area contributed by atoms with Gasteiger partial charge in [-0.15, -0.1) is 0 Å². The molecule has 0 radical (unpaired) electrons. The molecule has 1 saturated heterocycles. The van der Waals surface area contributed by atoms with E-state index in [-0.39, 0.29) is 5.75 Å². The maximum Gasteiger partial charge on any atom is 0.237 e. The molecule has 0 atom stereocenters. The van der Waals surface area contributed by atoms with Crippen LogP contribution >= 0.6 is 0 Å². The van der Waals surface area contributed by atoms with Crippen LogP contribution < -0.4 is 9.62 Å². The molecule has 0 aliphatic carbocycles. The van der Waals surface area contributed by atoms with Crippen LogP contribution in [0.2, 0.25) is 0 Å². The van der Waals surface area contributed by atoms with E-state index in [0.717, 1.165) is 37.1 Å². The first kappa shape index (κ1) is 17.7. The van der Waals surface area contributed by atoms with Crippen LogP contribution in [0, 0.1) is 20.8 Å². The number of benzene rings is 1. The number of sulfonamides is 1. The van der Waals surface area contributed by atoms with Crippen LogP contribution in [0.4, 0.5) is 11.6 Å². The Labute approximate surface area is 149 Å². The van der Waals surface area contributed by atoms with Crippen molar-refractivity contribution in [2.75, 3.05) is 22.7 Å². The van der Waals surface area contributed by atoms with Crippen molar-refractivity contribution in [2.45, 2.75) is 39.4 Å². The molecule has 25 heavy (non-hydrogen) atoms. The summed E-state index contributed by atoms with van der Waals surface area (Å²) in [5.41, 5.74) is 3.59. The molecule has 0 saturated carbocycles. The van der Waals surface area contributed by atoms with E-state index in [1.807, 2.05) is 45.0 Å². The van der Waals surface area contributed by atoms with Crippen molar-refractivity contribution >= 4 is 21.7 Å². The minimum absolute atomic E-state index is 0.0680. The third-order valence-corrected chi connectivity index (χ3v) is 5.57. The van der Waals surface area contributed by atoms with Gasteiger partial charge in [-0.3, -0.25) is 4.72 Å². The van der Waals surface area contributed by atoms with Crippen molar-refractivity contribution in [1.29, 1.82) is 0 Å². The van der Waals surface area contributed by atoms with Gasteiger partial charge in [0.15, 0.2) is 0 Å². The summed E-state index contributed by atoms with van der Waals surface area (Å²) < 4.78 is 27.8. The Balaban J connectivity index is 1.81. The monoisotopic (exact) mass is 360 g/mol. The van der Waals surface area contributed by atoms with Gasteiger partial charge in [0.1, 0.15) is 0 Å². The largest absolute Gasteiger partial charge is 0.341 e. The highest BCUT2D eigenvalue weighted by Gasteiger charge is 2.20. The molecule has 0 spiro atoms. The van der Waals surface area contributed by atoms with Crippen LogP contribution in [0.5, 0.6) is 0 Å². The highest BCUT2D eigenvalue weighted by atomic mass is 32.2. The Hall–Kier alpha value is -2.15. The normalized spacial score (nSPS) is 14.8. The van der Waals surface area contributed by atoms with Crippen molar-refractivity contribution in [1.82, 2.24) is 9.97 Å². The van der Waals surface area contributed by atoms with E-state index in [4.69, 9.17) is 0 Å². The molecule has 6 nitrogen and oxygen atoms in total. The Morgan fingerprint density at radius 2 is 1.72 bits per heavy atom. The van der Waals surface area contributed by atoms with E-state index in [9.17, 15) is 8.42 Å². The number of anilines is 2. The standard InChI is InChI=1S/C18H24N4O2S/c1-13-7-6-8-16(11-13)12-25(23,24)21-17-14(2)19-18(20-15(17)3)22-9-4-5-10-22/h6-8,11,21H,4-5,9-10,12H2,1-3H3. The van der Waals surface area contributed by atoms with E-state index in [1.165, 1.54) is 0 Å². The van der Waals surface area contributed by atoms with Crippen LogP contribution in [0.1, 0.15) is 35.4 Å². The number of hydrogen-bond donors (Lipinski definition) is 1. The summed E-state index contributed by atoms with van der Waals surface area (Å²) in [5, 5.41) is 0. The van der Waals surface area contributed by atoms with Crippen LogP contribution in [0.15, 0.2) is 24.3 Å². The highest BCUT2D eigenvalue weighted by molar-refractivity contribution is 7.91. The Morgan fingerprint density at radius 1 is 1.08 bits per heavy atom. The van der Waals surface area contributed by atoms with Crippen LogP contribution in [-0.4, -0.2) is 31.5 Å². The molecule has 1 N–H and O–H groups in total. The number of nitrogens with zero attached hydrogens (tertiary/aromatic N) is 3. The van der Waals surface area contributed by atoms with Gasteiger partial charge >= 0.3 is 0 Å². The lowest BCUT2D eigenvalue weighted by molar-refractivity contribution is 0.600. The second kappa shape index (κ2) is 7.00. The fraction of sp³-hybridized carbons (Fsp3) is 0.444. The Kier molecular flexibility index (Phi) is 4.94. The molecule has 1 fully saturated rings. The topological polar surface area (TPSA) is 75.2 Å². The van der Waals surface area contributed by atoms with Crippen LogP contribution in [0.25, 0.3) is 0 Å². The summed E-state index contributed by atoms with van der Waals surface area (Å²) in [6, 6.07) is 7.51. The quantitative estimate of drug-likeness (QED) is 0.887. The van der Waals surface area contributed by atoms with E-state index < -0.39 is 10.0 Å². The fourth-order valence-electron chi connectivity index (χ4n) is 3.12. The first-order valence-corrected chi connectivity index (χ1v) is 10.2. The number of nitrogens with one attached hydrogen (secondary N) is 1. The van der Waals surface area contributed by atoms with Crippen molar-refractivity contribution in [3.8, 4) is 0 Å². The summed E-state index contributed by atoms with van der Waals surface area (Å²) in [5.74, 6) is 0.621. The molecular formula is C18H24N4O2S. The van der Waals surface area contributed by atoms with Gasteiger partial charge in [-0.05, 0) is 39.2 Å². The third kappa shape index (κ3) is 4.28. The first-order valence-electron chi connectivity index (χ1n) is 8.50. The van der Waals surface area contributed by atoms with Gasteiger partial charge in [-0.25, -0.2) is 18.4 Å². The van der Waals surface area contributed by atoms with Crippen molar-refractivity contribution < 1.29 is 8.42 Å². The highest BCUT2D eigenvalue weighted by Crippen LogP contribution is 2.24. The molecule has 1 aliphatic rings. The minimum Gasteiger partial charge on any atom is -0.341 e. The summed E-state index contributed by atoms with van der Waals surface area (Å²) >= 11 is 0. The Morgan fingerprint density at radius 3 is 2.32 bits per heavy atom. The third-order valence-electron chi connectivity index (χ3n) is 4.34. The average molecular weight is 360 g/mol. The summed E-state index contributed by atoms with van der Waals surface area (Å²) in [6.45, 7) is 7.49. The molecule has 1 aromatic carbocycles. The molecule has 3 rings (SSSR count). The van der Waals surface area contributed by atoms with Crippen molar-refractivity contribution in [3.63, 3.8) is 0 Å². The van der Waals surface area contributed by atoms with E-state index >= 15 is 0 Å². The number of rotatable bonds is 5. The van der Waals surface area contributed by atoms with Gasteiger partial charge < -0.3 is 4.90 Å². The second-order valence-corrected chi connectivity index (χ2v) is 8.34. The van der Waals surface area contributed by atoms with Crippen LogP contribution in [0.3, 0.4) is 0 Å². The summed E-state index contributed by atoms with van der Waals surface area (Å²) in [4.78, 5) is 11.2. The molecule has 7 heteroatoms. The number of aryl methyl sites for hydroxylation is 3. The van der Waals surface area contributed by atoms with E-state index in [2.05, 4.69) is 19.6 Å². The zero-order valence-corrected chi connectivity index (χ0v) is 15.7. The van der Waals surface area contributed by atoms with Crippen LogP contribution in [-0.2, 0) is 15.8 Å². The molecule has 0 bridgehead atoms. The first-order chi connectivity index (χ1) is 11.8. The molecular weight excluding hydrogens is 336 g/mol. The van der Waals surface area contributed by atoms with Gasteiger partial charge in [0, 0.05) is 13.1 Å². The molecule has 0 unspecified atom stereocenters. The van der Waals surface area contributed by atoms with Gasteiger partial charge in [-0.2, -0.15) is 0 Å². The molecule has 1 aromatic heterocycles. The van der Waals surface area contributed by atoms with Crippen molar-refractivity contribution in [3.05, 3.63) is 46.8 Å². The van der Waals surface area contributed by atoms with Gasteiger partial charge in [0.25, 0.3) is 0 Å². The van der Waals surface area contributed by atoms with Gasteiger partial charge in [0.2, 0.25) is 16.0 Å². The molecule has 2 aromatic rings. The predicted molar refractivity (Wildman–Crippen MR) is 100 cm³/mol. The minimum atomic E-state index is -3.52. The smallest absolute Gasteiger partial charge is 0.237 e. The zero-order chi connectivity index (χ0) is 18.0. The number of aromatic nitrogens is 2. The maximum atomic E-state index is 12.5. The molecule has 0 amide bonds. The number of hydrogen-bond acceptors (Lipinski definition) is 5. The lowest BCUT2D eigenvalue weighted by Gasteiger charge is -2.19. The molecule has 2 heterocycles. The fourth-order valence-corrected chi connectivity index (χ4v) is 4.41. The van der Waals surface area contributed by atoms with Crippen molar-refractivity contribution in [2.24, 2.45) is 0 Å². The predicted octanol–water partition coefficient (Wildman–Crippen LogP) is 2.94. The SMILES string of the molecule is Cc1cccc(CS(=O)(=O)Nc2c(C)nc(N3CCCC3)nc2C)c1. The van der Waals surface area contributed by atoms with E-state index in [0.29, 0.717) is 23.0 Å². The lowest BCUT2D eigenvalue weighted by Crippen LogP contribution is -2.23. The Bertz CT molecular complexity index is 851. The average Bonchev–Trinajstić information content (AvgIpc) is 3.04. The molecule has 1 aliphatic heterocycles.